The quantitative estimate of drug-likeness (QED) is 0.481. The fourth-order valence-corrected chi connectivity index (χ4v) is 3.59. The fraction of sp³-hybridized carbons (Fsp3) is 0.619. The number of nitrogens with two attached hydrogens (primary N) is 1. The molecule has 1 heterocycles. The normalized spacial score (nSPS) is 21.1. The summed E-state index contributed by atoms with van der Waals surface area (Å²) in [5.74, 6) is 1.55. The Morgan fingerprint density at radius 2 is 2.07 bits per heavy atom. The van der Waals surface area contributed by atoms with Gasteiger partial charge in [0.15, 0.2) is 5.96 Å². The van der Waals surface area contributed by atoms with Gasteiger partial charge in [-0.1, -0.05) is 24.3 Å². The van der Waals surface area contributed by atoms with E-state index in [2.05, 4.69) is 46.7 Å². The van der Waals surface area contributed by atoms with Crippen LogP contribution in [0.2, 0.25) is 0 Å². The topological polar surface area (TPSA) is 82.8 Å². The van der Waals surface area contributed by atoms with Gasteiger partial charge in [-0.05, 0) is 56.2 Å². The van der Waals surface area contributed by atoms with Gasteiger partial charge in [0.2, 0.25) is 5.91 Å². The number of primary amides is 1. The van der Waals surface area contributed by atoms with Crippen LogP contribution in [0, 0.1) is 11.8 Å². The number of nitrogens with zero attached hydrogens (tertiary/aromatic N) is 2. The van der Waals surface area contributed by atoms with Crippen molar-refractivity contribution in [3.63, 3.8) is 0 Å². The molecule has 3 rings (SSSR count). The monoisotopic (exact) mass is 371 g/mol. The van der Waals surface area contributed by atoms with Crippen LogP contribution >= 0.6 is 0 Å². The first kappa shape index (κ1) is 19.7. The van der Waals surface area contributed by atoms with Crippen molar-refractivity contribution in [2.24, 2.45) is 22.6 Å². The number of hydrogen-bond donors (Lipinski definition) is 3. The molecular formula is C21H33N5O. The Morgan fingerprint density at radius 3 is 2.81 bits per heavy atom. The Bertz CT molecular complexity index is 656. The van der Waals surface area contributed by atoms with Crippen molar-refractivity contribution in [2.75, 3.05) is 26.2 Å². The molecule has 2 aliphatic rings. The van der Waals surface area contributed by atoms with Gasteiger partial charge in [0.25, 0.3) is 0 Å². The first-order valence-corrected chi connectivity index (χ1v) is 10.3. The van der Waals surface area contributed by atoms with Crippen molar-refractivity contribution >= 4 is 11.9 Å². The summed E-state index contributed by atoms with van der Waals surface area (Å²) in [6.45, 7) is 7.30. The number of benzene rings is 1. The van der Waals surface area contributed by atoms with Gasteiger partial charge in [0.1, 0.15) is 0 Å². The highest BCUT2D eigenvalue weighted by molar-refractivity contribution is 5.79. The Labute approximate surface area is 162 Å². The Morgan fingerprint density at radius 1 is 1.26 bits per heavy atom. The van der Waals surface area contributed by atoms with Crippen LogP contribution in [0.25, 0.3) is 0 Å². The Hall–Kier alpha value is -2.08. The van der Waals surface area contributed by atoms with Gasteiger partial charge in [-0.3, -0.25) is 9.69 Å². The van der Waals surface area contributed by atoms with Gasteiger partial charge >= 0.3 is 0 Å². The minimum absolute atomic E-state index is 0.00764. The molecule has 6 nitrogen and oxygen atoms in total. The number of rotatable bonds is 8. The molecule has 1 amide bonds. The van der Waals surface area contributed by atoms with Crippen LogP contribution in [-0.4, -0.2) is 42.9 Å². The summed E-state index contributed by atoms with van der Waals surface area (Å²) in [6, 6.07) is 8.60. The number of likely N-dealkylation sites (tertiary alicyclic amines) is 1. The summed E-state index contributed by atoms with van der Waals surface area (Å²) >= 11 is 0. The number of nitrogens with one attached hydrogen (secondary N) is 2. The first-order chi connectivity index (χ1) is 13.1. The highest BCUT2D eigenvalue weighted by Gasteiger charge is 2.24. The van der Waals surface area contributed by atoms with Gasteiger partial charge in [-0.25, -0.2) is 4.99 Å². The standard InChI is InChI=1S/C21H33N5O/c1-2-23-21(24-12-16-8-9-16)25-13-17-5-3-6-18(11-17)14-26-10-4-7-19(15-26)20(22)27/h3,5-6,11,16,19H,2,4,7-10,12-15H2,1H3,(H2,22,27)(H2,23,24,25). The summed E-state index contributed by atoms with van der Waals surface area (Å²) in [5.41, 5.74) is 7.97. The molecule has 27 heavy (non-hydrogen) atoms. The number of piperidine rings is 1. The molecule has 1 aliphatic carbocycles. The minimum atomic E-state index is -0.169. The van der Waals surface area contributed by atoms with Crippen LogP contribution in [0.1, 0.15) is 43.7 Å². The zero-order valence-corrected chi connectivity index (χ0v) is 16.4. The predicted molar refractivity (Wildman–Crippen MR) is 109 cm³/mol. The van der Waals surface area contributed by atoms with Crippen LogP contribution < -0.4 is 16.4 Å². The molecule has 1 unspecified atom stereocenters. The maximum absolute atomic E-state index is 11.5. The summed E-state index contributed by atoms with van der Waals surface area (Å²) in [4.78, 5) is 18.5. The molecular weight excluding hydrogens is 338 g/mol. The lowest BCUT2D eigenvalue weighted by molar-refractivity contribution is -0.123. The van der Waals surface area contributed by atoms with Crippen LogP contribution in [0.5, 0.6) is 0 Å². The molecule has 0 radical (unpaired) electrons. The van der Waals surface area contributed by atoms with Crippen LogP contribution in [0.15, 0.2) is 29.3 Å². The molecule has 1 aromatic carbocycles. The molecule has 0 spiro atoms. The molecule has 0 bridgehead atoms. The van der Waals surface area contributed by atoms with Gasteiger partial charge < -0.3 is 16.4 Å². The second-order valence-corrected chi connectivity index (χ2v) is 7.82. The van der Waals surface area contributed by atoms with E-state index in [1.54, 1.807) is 0 Å². The van der Waals surface area contributed by atoms with E-state index in [1.165, 1.54) is 24.0 Å². The van der Waals surface area contributed by atoms with E-state index in [9.17, 15) is 4.79 Å². The molecule has 2 fully saturated rings. The summed E-state index contributed by atoms with van der Waals surface area (Å²) in [6.07, 6.45) is 4.63. The van der Waals surface area contributed by atoms with Crippen molar-refractivity contribution in [1.29, 1.82) is 0 Å². The molecule has 1 saturated heterocycles. The number of carbonyl (C=O) groups excluding carboxylic acids is 1. The van der Waals surface area contributed by atoms with E-state index in [-0.39, 0.29) is 11.8 Å². The van der Waals surface area contributed by atoms with E-state index in [4.69, 9.17) is 10.7 Å². The van der Waals surface area contributed by atoms with Crippen molar-refractivity contribution in [3.05, 3.63) is 35.4 Å². The van der Waals surface area contributed by atoms with Crippen LogP contribution in [0.4, 0.5) is 0 Å². The van der Waals surface area contributed by atoms with E-state index in [0.29, 0.717) is 6.54 Å². The van der Waals surface area contributed by atoms with Gasteiger partial charge in [0, 0.05) is 26.2 Å². The molecule has 0 aromatic heterocycles. The maximum atomic E-state index is 11.5. The van der Waals surface area contributed by atoms with Crippen LogP contribution in [-0.2, 0) is 17.9 Å². The lowest BCUT2D eigenvalue weighted by Gasteiger charge is -2.31. The largest absolute Gasteiger partial charge is 0.369 e. The van der Waals surface area contributed by atoms with E-state index in [1.807, 2.05) is 0 Å². The van der Waals surface area contributed by atoms with E-state index >= 15 is 0 Å². The number of aliphatic imine (C=N–C) groups is 1. The van der Waals surface area contributed by atoms with Crippen molar-refractivity contribution in [3.8, 4) is 0 Å². The Kier molecular flexibility index (Phi) is 7.10. The number of carbonyl (C=O) groups is 1. The van der Waals surface area contributed by atoms with Crippen molar-refractivity contribution in [1.82, 2.24) is 15.5 Å². The third kappa shape index (κ3) is 6.54. The predicted octanol–water partition coefficient (Wildman–Crippen LogP) is 1.85. The SMILES string of the molecule is CCNC(=NCc1cccc(CN2CCCC(C(N)=O)C2)c1)NCC1CC1. The molecule has 1 atom stereocenters. The van der Waals surface area contributed by atoms with E-state index in [0.717, 1.165) is 57.4 Å². The van der Waals surface area contributed by atoms with Crippen LogP contribution in [0.3, 0.4) is 0 Å². The fourth-order valence-electron chi connectivity index (χ4n) is 3.59. The number of guanidine groups is 1. The third-order valence-electron chi connectivity index (χ3n) is 5.32. The summed E-state index contributed by atoms with van der Waals surface area (Å²) < 4.78 is 0. The summed E-state index contributed by atoms with van der Waals surface area (Å²) in [7, 11) is 0. The van der Waals surface area contributed by atoms with Gasteiger partial charge in [0.05, 0.1) is 12.5 Å². The molecule has 6 heteroatoms. The van der Waals surface area contributed by atoms with Crippen molar-refractivity contribution in [2.45, 2.75) is 45.7 Å². The minimum Gasteiger partial charge on any atom is -0.369 e. The third-order valence-corrected chi connectivity index (χ3v) is 5.32. The van der Waals surface area contributed by atoms with Crippen molar-refractivity contribution < 1.29 is 4.79 Å². The lowest BCUT2D eigenvalue weighted by Crippen LogP contribution is -2.40. The molecule has 148 valence electrons. The number of amides is 1. The zero-order chi connectivity index (χ0) is 19.1. The second kappa shape index (κ2) is 9.74. The molecule has 1 aliphatic heterocycles. The Balaban J connectivity index is 1.55. The second-order valence-electron chi connectivity index (χ2n) is 7.82. The van der Waals surface area contributed by atoms with E-state index < -0.39 is 0 Å². The molecule has 1 saturated carbocycles. The molecule has 1 aromatic rings. The summed E-state index contributed by atoms with van der Waals surface area (Å²) in [5, 5.41) is 6.75. The first-order valence-electron chi connectivity index (χ1n) is 10.3. The average molecular weight is 372 g/mol. The maximum Gasteiger partial charge on any atom is 0.221 e. The highest BCUT2D eigenvalue weighted by atomic mass is 16.1. The number of hydrogen-bond acceptors (Lipinski definition) is 3. The van der Waals surface area contributed by atoms with Gasteiger partial charge in [-0.2, -0.15) is 0 Å². The highest BCUT2D eigenvalue weighted by Crippen LogP contribution is 2.27. The van der Waals surface area contributed by atoms with Gasteiger partial charge in [-0.15, -0.1) is 0 Å². The average Bonchev–Trinajstić information content (AvgIpc) is 3.49. The molecule has 4 N–H and O–H groups in total. The lowest BCUT2D eigenvalue weighted by atomic mass is 9.97. The smallest absolute Gasteiger partial charge is 0.221 e. The zero-order valence-electron chi connectivity index (χ0n) is 16.4.